The number of aromatic nitrogens is 1. The van der Waals surface area contributed by atoms with E-state index < -0.39 is 36.6 Å². The smallest absolute Gasteiger partial charge is 0.410 e. The zero-order valence-electron chi connectivity index (χ0n) is 24.0. The summed E-state index contributed by atoms with van der Waals surface area (Å²) in [4.78, 5) is 31.2. The van der Waals surface area contributed by atoms with Gasteiger partial charge in [0.05, 0.1) is 12.7 Å². The molecule has 2 fully saturated rings. The van der Waals surface area contributed by atoms with Crippen molar-refractivity contribution in [2.45, 2.75) is 89.3 Å². The number of likely N-dealkylation sites (tertiary alicyclic amines) is 1. The Morgan fingerprint density at radius 2 is 1.78 bits per heavy atom. The van der Waals surface area contributed by atoms with Crippen LogP contribution in [0.4, 0.5) is 18.0 Å². The Labute approximate surface area is 239 Å². The maximum Gasteiger partial charge on any atom is 0.410 e. The molecule has 1 aliphatic heterocycles. The number of hydrogen-bond acceptors (Lipinski definition) is 6. The fourth-order valence-corrected chi connectivity index (χ4v) is 4.79. The molecule has 1 aliphatic carbocycles. The number of nitrogens with one attached hydrogen (secondary N) is 2. The fourth-order valence-electron chi connectivity index (χ4n) is 4.79. The number of ether oxygens (including phenoxy) is 2. The number of alkyl halides is 3. The summed E-state index contributed by atoms with van der Waals surface area (Å²) < 4.78 is 50.3. The number of benzene rings is 1. The molecule has 2 N–H and O–H groups in total. The molecule has 1 aromatic heterocycles. The lowest BCUT2D eigenvalue weighted by atomic mass is 10.00. The molecule has 2 heterocycles. The molecular weight excluding hydrogens is 537 g/mol. The van der Waals surface area contributed by atoms with Crippen molar-refractivity contribution in [2.24, 2.45) is 0 Å². The number of carbonyl (C=O) groups excluding carboxylic acids is 2. The van der Waals surface area contributed by atoms with Crippen LogP contribution in [-0.4, -0.2) is 65.4 Å². The monoisotopic (exact) mass is 576 g/mol. The molecule has 1 aromatic carbocycles. The molecule has 0 radical (unpaired) electrons. The van der Waals surface area contributed by atoms with Crippen molar-refractivity contribution in [3.63, 3.8) is 0 Å². The quantitative estimate of drug-likeness (QED) is 0.395. The number of piperidine rings is 1. The van der Waals surface area contributed by atoms with Crippen LogP contribution in [0.15, 0.2) is 42.6 Å². The number of rotatable bonds is 9. The highest BCUT2D eigenvalue weighted by Gasteiger charge is 2.32. The molecule has 0 spiro atoms. The third-order valence-electron chi connectivity index (χ3n) is 7.03. The lowest BCUT2D eigenvalue weighted by Crippen LogP contribution is -2.50. The van der Waals surface area contributed by atoms with Gasteiger partial charge in [0.25, 0.3) is 5.91 Å². The second kappa shape index (κ2) is 12.7. The first-order chi connectivity index (χ1) is 19.3. The van der Waals surface area contributed by atoms with Crippen molar-refractivity contribution in [3.05, 3.63) is 59.4 Å². The van der Waals surface area contributed by atoms with Gasteiger partial charge < -0.3 is 25.0 Å². The van der Waals surface area contributed by atoms with Gasteiger partial charge in [0.15, 0.2) is 0 Å². The molecule has 11 heteroatoms. The summed E-state index contributed by atoms with van der Waals surface area (Å²) in [6.45, 7) is 6.82. The summed E-state index contributed by atoms with van der Waals surface area (Å²) in [5.41, 5.74) is 1.52. The van der Waals surface area contributed by atoms with E-state index in [-0.39, 0.29) is 17.6 Å². The lowest BCUT2D eigenvalue weighted by molar-refractivity contribution is -0.127. The molecule has 8 nitrogen and oxygen atoms in total. The highest BCUT2D eigenvalue weighted by atomic mass is 19.4. The molecule has 0 unspecified atom stereocenters. The molecule has 2 aliphatic rings. The average Bonchev–Trinajstić information content (AvgIpc) is 3.75. The van der Waals surface area contributed by atoms with Gasteiger partial charge in [0.2, 0.25) is 0 Å². The Morgan fingerprint density at radius 1 is 1.07 bits per heavy atom. The number of nitrogens with zero attached hydrogens (tertiary/aromatic N) is 2. The normalized spacial score (nSPS) is 19.3. The van der Waals surface area contributed by atoms with E-state index in [0.717, 1.165) is 31.2 Å². The Kier molecular flexibility index (Phi) is 9.46. The summed E-state index contributed by atoms with van der Waals surface area (Å²) in [5, 5.41) is 5.45. The molecule has 3 atom stereocenters. The van der Waals surface area contributed by atoms with Crippen LogP contribution in [-0.2, 0) is 4.74 Å². The molecular formula is C30H39F3N4O4. The van der Waals surface area contributed by atoms with Crippen LogP contribution in [0.5, 0.6) is 5.75 Å². The van der Waals surface area contributed by atoms with E-state index in [1.54, 1.807) is 38.7 Å². The summed E-state index contributed by atoms with van der Waals surface area (Å²) in [5.74, 6) is 0.494. The highest BCUT2D eigenvalue weighted by molar-refractivity contribution is 5.92. The van der Waals surface area contributed by atoms with E-state index in [4.69, 9.17) is 9.47 Å². The second-order valence-corrected chi connectivity index (χ2v) is 11.9. The second-order valence-electron chi connectivity index (χ2n) is 11.9. The third-order valence-corrected chi connectivity index (χ3v) is 7.03. The van der Waals surface area contributed by atoms with Crippen LogP contribution < -0.4 is 15.4 Å². The number of amides is 2. The maximum atomic E-state index is 12.9. The van der Waals surface area contributed by atoms with Crippen molar-refractivity contribution >= 4 is 12.0 Å². The van der Waals surface area contributed by atoms with E-state index in [2.05, 4.69) is 15.6 Å². The largest absolute Gasteiger partial charge is 0.482 e. The fraction of sp³-hybridized carbons (Fsp3) is 0.567. The van der Waals surface area contributed by atoms with Crippen LogP contribution in [0, 0.1) is 0 Å². The van der Waals surface area contributed by atoms with Gasteiger partial charge >= 0.3 is 12.3 Å². The van der Waals surface area contributed by atoms with Crippen molar-refractivity contribution < 1.29 is 32.2 Å². The maximum absolute atomic E-state index is 12.9. The van der Waals surface area contributed by atoms with Crippen LogP contribution >= 0.6 is 0 Å². The Morgan fingerprint density at radius 3 is 2.37 bits per heavy atom. The standard InChI is InChI=1S/C30H39F3N4O4/c1-19(35-18-30(31,32)33)26(22-11-9-21(10-12-22)20-7-8-20)40-24-13-14-25(34-16-24)27(38)36-23-6-5-15-37(17-23)28(39)41-29(2,3)4/h9-14,16,19-20,23,26,35H,5-8,15,17-18H2,1-4H3,(H,36,38)/t19-,23-,26-/m0/s1. The summed E-state index contributed by atoms with van der Waals surface area (Å²) >= 11 is 0. The molecule has 1 saturated carbocycles. The summed E-state index contributed by atoms with van der Waals surface area (Å²) in [6.07, 6.45) is -0.337. The first-order valence-electron chi connectivity index (χ1n) is 14.1. The van der Waals surface area contributed by atoms with Crippen LogP contribution in [0.3, 0.4) is 0 Å². The number of pyridine rings is 1. The molecule has 4 rings (SSSR count). The predicted octanol–water partition coefficient (Wildman–Crippen LogP) is 5.75. The van der Waals surface area contributed by atoms with Gasteiger partial charge in [0, 0.05) is 25.2 Å². The summed E-state index contributed by atoms with van der Waals surface area (Å²) in [6, 6.07) is 9.98. The molecule has 2 aromatic rings. The van der Waals surface area contributed by atoms with Gasteiger partial charge in [-0.25, -0.2) is 9.78 Å². The zero-order valence-corrected chi connectivity index (χ0v) is 24.0. The number of carbonyl (C=O) groups is 2. The minimum Gasteiger partial charge on any atom is -0.482 e. The Hall–Kier alpha value is -3.34. The minimum absolute atomic E-state index is 0.167. The van der Waals surface area contributed by atoms with Crippen LogP contribution in [0.1, 0.15) is 87.0 Å². The van der Waals surface area contributed by atoms with E-state index in [1.165, 1.54) is 17.8 Å². The SMILES string of the molecule is C[C@H](NCC(F)(F)F)[C@H](Oc1ccc(C(=O)N[C@H]2CCCN(C(=O)OC(C)(C)C)C2)nc1)c1ccc(C2CC2)cc1. The van der Waals surface area contributed by atoms with Crippen molar-refractivity contribution in [1.82, 2.24) is 20.5 Å². The van der Waals surface area contributed by atoms with Gasteiger partial charge in [-0.15, -0.1) is 0 Å². The van der Waals surface area contributed by atoms with Gasteiger partial charge in [-0.1, -0.05) is 24.3 Å². The topological polar surface area (TPSA) is 92.8 Å². The van der Waals surface area contributed by atoms with E-state index in [9.17, 15) is 22.8 Å². The number of hydrogen-bond donors (Lipinski definition) is 2. The molecule has 1 saturated heterocycles. The van der Waals surface area contributed by atoms with Crippen molar-refractivity contribution in [3.8, 4) is 5.75 Å². The van der Waals surface area contributed by atoms with Gasteiger partial charge in [0.1, 0.15) is 23.1 Å². The van der Waals surface area contributed by atoms with Gasteiger partial charge in [-0.3, -0.25) is 4.79 Å². The molecule has 0 bridgehead atoms. The van der Waals surface area contributed by atoms with Crippen LogP contribution in [0.2, 0.25) is 0 Å². The van der Waals surface area contributed by atoms with E-state index >= 15 is 0 Å². The molecule has 2 amide bonds. The first-order valence-corrected chi connectivity index (χ1v) is 14.1. The van der Waals surface area contributed by atoms with Crippen molar-refractivity contribution in [1.29, 1.82) is 0 Å². The molecule has 224 valence electrons. The Balaban J connectivity index is 1.39. The minimum atomic E-state index is -4.35. The summed E-state index contributed by atoms with van der Waals surface area (Å²) in [7, 11) is 0. The predicted molar refractivity (Wildman–Crippen MR) is 148 cm³/mol. The van der Waals surface area contributed by atoms with Crippen molar-refractivity contribution in [2.75, 3.05) is 19.6 Å². The molecule has 41 heavy (non-hydrogen) atoms. The number of halogens is 3. The van der Waals surface area contributed by atoms with E-state index in [1.807, 2.05) is 24.3 Å². The van der Waals surface area contributed by atoms with Crippen LogP contribution in [0.25, 0.3) is 0 Å². The average molecular weight is 577 g/mol. The Bertz CT molecular complexity index is 1180. The highest BCUT2D eigenvalue weighted by Crippen LogP contribution is 2.40. The first kappa shape index (κ1) is 30.6. The lowest BCUT2D eigenvalue weighted by Gasteiger charge is -2.34. The van der Waals surface area contributed by atoms with E-state index in [0.29, 0.717) is 24.8 Å². The third kappa shape index (κ3) is 9.34. The zero-order chi connectivity index (χ0) is 29.8. The van der Waals surface area contributed by atoms with Gasteiger partial charge in [-0.05, 0) is 82.6 Å². The van der Waals surface area contributed by atoms with Gasteiger partial charge in [-0.2, -0.15) is 13.2 Å².